The average Bonchev–Trinajstić information content (AvgIpc) is 3.14. The lowest BCUT2D eigenvalue weighted by Gasteiger charge is -2.67. The van der Waals surface area contributed by atoms with Crippen LogP contribution in [0.3, 0.4) is 0 Å². The summed E-state index contributed by atoms with van der Waals surface area (Å²) in [5.41, 5.74) is 1.06. The van der Waals surface area contributed by atoms with Crippen LogP contribution < -0.4 is 4.74 Å². The van der Waals surface area contributed by atoms with Crippen LogP contribution in [-0.4, -0.2) is 51.2 Å². The molecule has 2 aliphatic carbocycles. The van der Waals surface area contributed by atoms with E-state index in [9.17, 15) is 19.5 Å². The van der Waals surface area contributed by atoms with Gasteiger partial charge in [0.15, 0.2) is 0 Å². The summed E-state index contributed by atoms with van der Waals surface area (Å²) in [4.78, 5) is 37.8. The van der Waals surface area contributed by atoms with E-state index in [4.69, 9.17) is 14.6 Å². The molecular formula is C30H41NO7. The Morgan fingerprint density at radius 3 is 2.58 bits per heavy atom. The molecule has 38 heavy (non-hydrogen) atoms. The highest BCUT2D eigenvalue weighted by molar-refractivity contribution is 6.00. The highest BCUT2D eigenvalue weighted by Crippen LogP contribution is 2.67. The number of fused-ring (bicyclic) bond motifs is 3. The number of benzene rings is 1. The molecule has 0 aromatic heterocycles. The van der Waals surface area contributed by atoms with Crippen molar-refractivity contribution >= 4 is 17.8 Å². The fourth-order valence-electron chi connectivity index (χ4n) is 8.25. The minimum Gasteiger partial charge on any atom is -0.508 e. The van der Waals surface area contributed by atoms with Crippen LogP contribution in [0.25, 0.3) is 0 Å². The molecule has 1 amide bonds. The van der Waals surface area contributed by atoms with Gasteiger partial charge in [-0.3, -0.25) is 14.4 Å². The molecule has 8 nitrogen and oxygen atoms in total. The molecule has 2 N–H and O–H groups in total. The molecule has 0 saturated heterocycles. The van der Waals surface area contributed by atoms with Gasteiger partial charge in [-0.15, -0.1) is 0 Å². The number of carboxylic acids is 1. The molecule has 2 fully saturated rings. The van der Waals surface area contributed by atoms with Gasteiger partial charge >= 0.3 is 11.9 Å². The minimum atomic E-state index is -0.835. The molecule has 5 rings (SSSR count). The van der Waals surface area contributed by atoms with Crippen LogP contribution in [0.1, 0.15) is 101 Å². The van der Waals surface area contributed by atoms with Gasteiger partial charge in [0.1, 0.15) is 23.2 Å². The number of aromatic hydroxyl groups is 1. The van der Waals surface area contributed by atoms with E-state index in [1.165, 1.54) is 6.92 Å². The Morgan fingerprint density at radius 2 is 1.89 bits per heavy atom. The highest BCUT2D eigenvalue weighted by atomic mass is 16.5. The third kappa shape index (κ3) is 3.89. The lowest BCUT2D eigenvalue weighted by atomic mass is 9.43. The third-order valence-corrected chi connectivity index (χ3v) is 10.5. The van der Waals surface area contributed by atoms with E-state index in [1.807, 2.05) is 0 Å². The van der Waals surface area contributed by atoms with Crippen LogP contribution in [0, 0.1) is 22.7 Å². The Labute approximate surface area is 224 Å². The summed E-state index contributed by atoms with van der Waals surface area (Å²) >= 11 is 0. The van der Waals surface area contributed by atoms with Crippen LogP contribution in [0.2, 0.25) is 0 Å². The molecule has 5 atom stereocenters. The number of amides is 1. The molecule has 0 radical (unpaired) electrons. The maximum absolute atomic E-state index is 13.3. The van der Waals surface area contributed by atoms with Crippen LogP contribution >= 0.6 is 0 Å². The van der Waals surface area contributed by atoms with E-state index in [-0.39, 0.29) is 46.9 Å². The first-order valence-corrected chi connectivity index (χ1v) is 14.1. The topological polar surface area (TPSA) is 113 Å². The lowest BCUT2D eigenvalue weighted by molar-refractivity contribution is -0.238. The van der Waals surface area contributed by atoms with Crippen molar-refractivity contribution in [2.45, 2.75) is 104 Å². The predicted octanol–water partition coefficient (Wildman–Crippen LogP) is 5.08. The number of rotatable bonds is 6. The van der Waals surface area contributed by atoms with E-state index in [2.05, 4.69) is 27.7 Å². The monoisotopic (exact) mass is 527 g/mol. The summed E-state index contributed by atoms with van der Waals surface area (Å²) in [6.45, 7) is 11.3. The number of hydrogen-bond donors (Lipinski definition) is 2. The third-order valence-electron chi connectivity index (χ3n) is 10.5. The predicted molar refractivity (Wildman–Crippen MR) is 140 cm³/mol. The van der Waals surface area contributed by atoms with Crippen molar-refractivity contribution in [1.29, 1.82) is 0 Å². The minimum absolute atomic E-state index is 0.0824. The van der Waals surface area contributed by atoms with Gasteiger partial charge in [0.25, 0.3) is 5.91 Å². The molecule has 8 heteroatoms. The van der Waals surface area contributed by atoms with Crippen LogP contribution in [0.5, 0.6) is 11.5 Å². The Kier molecular flexibility index (Phi) is 6.47. The van der Waals surface area contributed by atoms with E-state index < -0.39 is 11.6 Å². The van der Waals surface area contributed by atoms with Crippen molar-refractivity contribution in [3.8, 4) is 11.5 Å². The maximum Gasteiger partial charge on any atom is 0.303 e. The van der Waals surface area contributed by atoms with Crippen LogP contribution in [0.4, 0.5) is 0 Å². The van der Waals surface area contributed by atoms with Crippen molar-refractivity contribution in [3.05, 3.63) is 22.8 Å². The van der Waals surface area contributed by atoms with E-state index in [1.54, 1.807) is 11.0 Å². The van der Waals surface area contributed by atoms with Gasteiger partial charge in [0, 0.05) is 47.8 Å². The SMILES string of the molecule is CC(=O)O[C@@H]1CC[C@@]23Oc4c(c(O)cc5c4CN(CCCCC(=O)O)C5=O)C[C@]2(C)[C@@H](C)CC[C@H]3C1(C)C. The standard InChI is InChI=1S/C30H41NO7/c1-17-9-10-23-28(3,4)24(37-18(2)32)11-12-30(23)29(17,5)15-20-22(33)14-19-21(26(20)38-30)16-31(27(19)36)13-7-6-8-25(34)35/h14,17,23-24,33H,6-13,15-16H2,1-5H3,(H,34,35)/t17-,23-,24+,29+,30-/m0/s1. The molecular weight excluding hydrogens is 486 g/mol. The highest BCUT2D eigenvalue weighted by Gasteiger charge is 2.68. The quantitative estimate of drug-likeness (QED) is 0.392. The Hall–Kier alpha value is -2.77. The largest absolute Gasteiger partial charge is 0.508 e. The van der Waals surface area contributed by atoms with Crippen molar-refractivity contribution in [3.63, 3.8) is 0 Å². The number of aliphatic carboxylic acids is 1. The van der Waals surface area contributed by atoms with E-state index >= 15 is 0 Å². The zero-order valence-electron chi connectivity index (χ0n) is 23.3. The number of nitrogens with zero attached hydrogens (tertiary/aromatic N) is 1. The average molecular weight is 528 g/mol. The number of phenols is 1. The van der Waals surface area contributed by atoms with Gasteiger partial charge < -0.3 is 24.6 Å². The molecule has 2 aliphatic heterocycles. The van der Waals surface area contributed by atoms with Crippen molar-refractivity contribution in [2.75, 3.05) is 6.54 Å². The van der Waals surface area contributed by atoms with E-state index in [0.29, 0.717) is 56.0 Å². The van der Waals surface area contributed by atoms with Crippen molar-refractivity contribution in [1.82, 2.24) is 4.90 Å². The molecule has 1 aromatic carbocycles. The lowest BCUT2D eigenvalue weighted by Crippen LogP contribution is -2.70. The Morgan fingerprint density at radius 1 is 1.16 bits per heavy atom. The molecule has 0 unspecified atom stereocenters. The zero-order chi connectivity index (χ0) is 27.6. The molecule has 1 spiro atoms. The summed E-state index contributed by atoms with van der Waals surface area (Å²) in [6.07, 6.45) is 5.13. The second-order valence-corrected chi connectivity index (χ2v) is 12.9. The van der Waals surface area contributed by atoms with Crippen LogP contribution in [-0.2, 0) is 27.3 Å². The second kappa shape index (κ2) is 9.16. The van der Waals surface area contributed by atoms with Gasteiger partial charge in [0.05, 0.1) is 12.1 Å². The van der Waals surface area contributed by atoms with Gasteiger partial charge in [0.2, 0.25) is 0 Å². The Bertz CT molecular complexity index is 1180. The van der Waals surface area contributed by atoms with Crippen molar-refractivity contribution in [2.24, 2.45) is 22.7 Å². The maximum atomic E-state index is 13.3. The first kappa shape index (κ1) is 26.8. The summed E-state index contributed by atoms with van der Waals surface area (Å²) in [6, 6.07) is 1.60. The second-order valence-electron chi connectivity index (χ2n) is 12.9. The van der Waals surface area contributed by atoms with Gasteiger partial charge in [-0.25, -0.2) is 0 Å². The number of phenolic OH excluding ortho intramolecular Hbond substituents is 1. The van der Waals surface area contributed by atoms with Gasteiger partial charge in [-0.1, -0.05) is 27.7 Å². The first-order valence-electron chi connectivity index (χ1n) is 14.1. The smallest absolute Gasteiger partial charge is 0.303 e. The van der Waals surface area contributed by atoms with E-state index in [0.717, 1.165) is 30.4 Å². The molecule has 2 saturated carbocycles. The molecule has 208 valence electrons. The number of carbonyl (C=O) groups is 3. The van der Waals surface area contributed by atoms with Crippen molar-refractivity contribution < 1.29 is 34.1 Å². The number of esters is 1. The Balaban J connectivity index is 1.52. The summed E-state index contributed by atoms with van der Waals surface area (Å²) < 4.78 is 13.0. The van der Waals surface area contributed by atoms with Gasteiger partial charge in [-0.05, 0) is 56.9 Å². The zero-order valence-corrected chi connectivity index (χ0v) is 23.3. The molecule has 2 heterocycles. The summed E-state index contributed by atoms with van der Waals surface area (Å²) in [5, 5.41) is 20.1. The van der Waals surface area contributed by atoms with Crippen LogP contribution in [0.15, 0.2) is 6.07 Å². The number of carbonyl (C=O) groups excluding carboxylic acids is 2. The summed E-state index contributed by atoms with van der Waals surface area (Å²) in [7, 11) is 0. The molecule has 1 aromatic rings. The molecule has 0 bridgehead atoms. The number of unbranched alkanes of at least 4 members (excludes halogenated alkanes) is 1. The van der Waals surface area contributed by atoms with Gasteiger partial charge in [-0.2, -0.15) is 0 Å². The fourth-order valence-corrected chi connectivity index (χ4v) is 8.25. The fraction of sp³-hybridized carbons (Fsp3) is 0.700. The first-order chi connectivity index (χ1) is 17.8. The molecule has 4 aliphatic rings. The number of carboxylic acid groups (broad SMARTS) is 1. The number of hydrogen-bond acceptors (Lipinski definition) is 6. The summed E-state index contributed by atoms with van der Waals surface area (Å²) in [5.74, 6) is 0.0367. The number of ether oxygens (including phenoxy) is 2. The normalized spacial score (nSPS) is 32.9.